The average Bonchev–Trinajstić information content (AvgIpc) is 3.03. The summed E-state index contributed by atoms with van der Waals surface area (Å²) in [6.45, 7) is 8.41. The first-order chi connectivity index (χ1) is 12.5. The number of urea groups is 1. The first-order valence-electron chi connectivity index (χ1n) is 8.93. The third kappa shape index (κ3) is 5.09. The highest BCUT2D eigenvalue weighted by Crippen LogP contribution is 2.32. The van der Waals surface area contributed by atoms with E-state index in [1.807, 2.05) is 26.0 Å². The zero-order chi connectivity index (χ0) is 18.5. The van der Waals surface area contributed by atoms with Crippen LogP contribution in [0, 0.1) is 0 Å². The van der Waals surface area contributed by atoms with Crippen molar-refractivity contribution < 1.29 is 19.1 Å². The minimum Gasteiger partial charge on any atom is -0.454 e. The van der Waals surface area contributed by atoms with Gasteiger partial charge in [-0.2, -0.15) is 0 Å². The fourth-order valence-electron chi connectivity index (χ4n) is 3.07. The molecule has 0 unspecified atom stereocenters. The Labute approximate surface area is 153 Å². The van der Waals surface area contributed by atoms with Gasteiger partial charge in [-0.3, -0.25) is 19.9 Å². The minimum atomic E-state index is -0.438. The van der Waals surface area contributed by atoms with Gasteiger partial charge in [0.25, 0.3) is 0 Å². The third-order valence-corrected chi connectivity index (χ3v) is 4.35. The molecule has 1 fully saturated rings. The van der Waals surface area contributed by atoms with E-state index in [0.29, 0.717) is 0 Å². The molecule has 1 aromatic rings. The van der Waals surface area contributed by atoms with E-state index < -0.39 is 6.03 Å². The average molecular weight is 362 g/mol. The molecule has 2 heterocycles. The zero-order valence-corrected chi connectivity index (χ0v) is 15.3. The van der Waals surface area contributed by atoms with Gasteiger partial charge in [-0.05, 0) is 31.5 Å². The van der Waals surface area contributed by atoms with Crippen molar-refractivity contribution in [2.45, 2.75) is 26.4 Å². The summed E-state index contributed by atoms with van der Waals surface area (Å²) in [5.74, 6) is 1.33. The predicted molar refractivity (Wildman–Crippen MR) is 96.1 cm³/mol. The molecule has 0 bridgehead atoms. The van der Waals surface area contributed by atoms with Crippen molar-refractivity contribution in [2.24, 2.45) is 0 Å². The van der Waals surface area contributed by atoms with Crippen molar-refractivity contribution in [1.29, 1.82) is 0 Å². The minimum absolute atomic E-state index is 0.00234. The van der Waals surface area contributed by atoms with Gasteiger partial charge in [0.15, 0.2) is 11.5 Å². The summed E-state index contributed by atoms with van der Waals surface area (Å²) >= 11 is 0. The monoisotopic (exact) mass is 362 g/mol. The molecule has 0 saturated carbocycles. The molecule has 26 heavy (non-hydrogen) atoms. The van der Waals surface area contributed by atoms with Crippen LogP contribution in [0.3, 0.4) is 0 Å². The molecule has 2 aliphatic rings. The second-order valence-corrected chi connectivity index (χ2v) is 6.92. The van der Waals surface area contributed by atoms with Crippen molar-refractivity contribution in [3.8, 4) is 11.5 Å². The number of fused-ring (bicyclic) bond motifs is 1. The van der Waals surface area contributed by atoms with Crippen molar-refractivity contribution in [2.75, 3.05) is 39.5 Å². The van der Waals surface area contributed by atoms with Crippen LogP contribution in [0.2, 0.25) is 0 Å². The number of piperazine rings is 1. The van der Waals surface area contributed by atoms with E-state index in [0.717, 1.165) is 44.2 Å². The van der Waals surface area contributed by atoms with Crippen LogP contribution in [-0.4, -0.2) is 67.3 Å². The Hall–Kier alpha value is -2.32. The summed E-state index contributed by atoms with van der Waals surface area (Å²) in [5.41, 5.74) is 1.19. The summed E-state index contributed by atoms with van der Waals surface area (Å²) in [6, 6.07) is 5.59. The Morgan fingerprint density at radius 3 is 2.50 bits per heavy atom. The van der Waals surface area contributed by atoms with Gasteiger partial charge in [0, 0.05) is 38.8 Å². The van der Waals surface area contributed by atoms with Crippen LogP contribution in [0.25, 0.3) is 0 Å². The summed E-state index contributed by atoms with van der Waals surface area (Å²) in [7, 11) is 0. The number of hydrogen-bond acceptors (Lipinski definition) is 6. The number of hydrogen-bond donors (Lipinski definition) is 2. The molecule has 0 aromatic heterocycles. The Bertz CT molecular complexity index is 657. The van der Waals surface area contributed by atoms with Gasteiger partial charge in [0.1, 0.15) is 0 Å². The van der Waals surface area contributed by atoms with Crippen LogP contribution < -0.4 is 20.1 Å². The highest BCUT2D eigenvalue weighted by Gasteiger charge is 2.21. The molecule has 8 nitrogen and oxygen atoms in total. The maximum Gasteiger partial charge on any atom is 0.321 e. The largest absolute Gasteiger partial charge is 0.454 e. The van der Waals surface area contributed by atoms with Crippen molar-refractivity contribution in [3.05, 3.63) is 23.8 Å². The molecule has 0 atom stereocenters. The Kier molecular flexibility index (Phi) is 5.95. The number of nitrogens with one attached hydrogen (secondary N) is 2. The number of rotatable bonds is 5. The lowest BCUT2D eigenvalue weighted by Crippen LogP contribution is -2.51. The van der Waals surface area contributed by atoms with Crippen LogP contribution in [-0.2, 0) is 11.3 Å². The van der Waals surface area contributed by atoms with Gasteiger partial charge in [-0.15, -0.1) is 0 Å². The van der Waals surface area contributed by atoms with Gasteiger partial charge in [0.05, 0.1) is 6.54 Å². The van der Waals surface area contributed by atoms with Gasteiger partial charge < -0.3 is 14.8 Å². The van der Waals surface area contributed by atoms with Crippen LogP contribution in [0.5, 0.6) is 11.5 Å². The van der Waals surface area contributed by atoms with E-state index in [-0.39, 0.29) is 25.3 Å². The number of carbonyl (C=O) groups excluding carboxylic acids is 2. The molecule has 2 N–H and O–H groups in total. The standard InChI is InChI=1S/C18H26N4O4/c1-13(2)19-18(24)20-17(23)11-22-7-5-21(6-8-22)10-14-3-4-15-16(9-14)26-12-25-15/h3-4,9,13H,5-8,10-12H2,1-2H3,(H2,19,20,23,24). The first kappa shape index (κ1) is 18.5. The van der Waals surface area contributed by atoms with E-state index in [4.69, 9.17) is 9.47 Å². The topological polar surface area (TPSA) is 83.1 Å². The van der Waals surface area contributed by atoms with E-state index in [1.54, 1.807) is 0 Å². The van der Waals surface area contributed by atoms with Crippen molar-refractivity contribution in [1.82, 2.24) is 20.4 Å². The van der Waals surface area contributed by atoms with Gasteiger partial charge >= 0.3 is 6.03 Å². The number of benzene rings is 1. The molecule has 0 spiro atoms. The number of imide groups is 1. The van der Waals surface area contributed by atoms with Gasteiger partial charge in [-0.25, -0.2) is 4.79 Å². The highest BCUT2D eigenvalue weighted by atomic mass is 16.7. The summed E-state index contributed by atoms with van der Waals surface area (Å²) in [4.78, 5) is 27.9. The Balaban J connectivity index is 1.40. The van der Waals surface area contributed by atoms with Gasteiger partial charge in [-0.1, -0.05) is 6.07 Å². The highest BCUT2D eigenvalue weighted by molar-refractivity contribution is 5.95. The zero-order valence-electron chi connectivity index (χ0n) is 15.3. The molecule has 142 valence electrons. The predicted octanol–water partition coefficient (Wildman–Crippen LogP) is 0.767. The SMILES string of the molecule is CC(C)NC(=O)NC(=O)CN1CCN(Cc2ccc3c(c2)OCO3)CC1. The summed E-state index contributed by atoms with van der Waals surface area (Å²) < 4.78 is 10.8. The molecule has 0 radical (unpaired) electrons. The second kappa shape index (κ2) is 8.37. The molecule has 1 saturated heterocycles. The van der Waals surface area contributed by atoms with E-state index in [1.165, 1.54) is 5.56 Å². The van der Waals surface area contributed by atoms with Crippen molar-refractivity contribution >= 4 is 11.9 Å². The lowest BCUT2D eigenvalue weighted by molar-refractivity contribution is -0.121. The van der Waals surface area contributed by atoms with Crippen LogP contribution in [0.1, 0.15) is 19.4 Å². The lowest BCUT2D eigenvalue weighted by Gasteiger charge is -2.34. The summed E-state index contributed by atoms with van der Waals surface area (Å²) in [6.07, 6.45) is 0. The number of nitrogens with zero attached hydrogens (tertiary/aromatic N) is 2. The molecular weight excluding hydrogens is 336 g/mol. The fraction of sp³-hybridized carbons (Fsp3) is 0.556. The molecule has 2 aliphatic heterocycles. The molecule has 8 heteroatoms. The van der Waals surface area contributed by atoms with Crippen LogP contribution >= 0.6 is 0 Å². The van der Waals surface area contributed by atoms with E-state index in [9.17, 15) is 9.59 Å². The maximum atomic E-state index is 11.9. The smallest absolute Gasteiger partial charge is 0.321 e. The Morgan fingerprint density at radius 2 is 1.77 bits per heavy atom. The van der Waals surface area contributed by atoms with E-state index in [2.05, 4.69) is 26.5 Å². The summed E-state index contributed by atoms with van der Waals surface area (Å²) in [5, 5.41) is 5.01. The second-order valence-electron chi connectivity index (χ2n) is 6.92. The number of amides is 3. The lowest BCUT2D eigenvalue weighted by atomic mass is 10.1. The Morgan fingerprint density at radius 1 is 1.08 bits per heavy atom. The molecule has 3 amide bonds. The number of carbonyl (C=O) groups is 2. The maximum absolute atomic E-state index is 11.9. The molecule has 0 aliphatic carbocycles. The van der Waals surface area contributed by atoms with Crippen LogP contribution in [0.15, 0.2) is 18.2 Å². The van der Waals surface area contributed by atoms with Gasteiger partial charge in [0.2, 0.25) is 12.7 Å². The van der Waals surface area contributed by atoms with Crippen molar-refractivity contribution in [3.63, 3.8) is 0 Å². The third-order valence-electron chi connectivity index (χ3n) is 4.35. The van der Waals surface area contributed by atoms with E-state index >= 15 is 0 Å². The fourth-order valence-corrected chi connectivity index (χ4v) is 3.07. The molecule has 3 rings (SSSR count). The molecular formula is C18H26N4O4. The molecule has 1 aromatic carbocycles. The normalized spacial score (nSPS) is 17.3. The van der Waals surface area contributed by atoms with Crippen LogP contribution in [0.4, 0.5) is 4.79 Å². The number of ether oxygens (including phenoxy) is 2. The quantitative estimate of drug-likeness (QED) is 0.805. The first-order valence-corrected chi connectivity index (χ1v) is 8.93.